The van der Waals surface area contributed by atoms with E-state index in [1.807, 2.05) is 6.92 Å². The standard InChI is InChI=1S/C20H19F3N6O/c1-12(11-30)7-17-26-19-18(14-8-24-28(2)9-14)25-16(10-29(19)27-17)13-3-5-15(6-4-13)20(21,22)23/h3-6,8-10,12,30H,7,11H2,1-2H3/t12-/m1/s1. The lowest BCUT2D eigenvalue weighted by molar-refractivity contribution is -0.137. The van der Waals surface area contributed by atoms with Crippen LogP contribution in [-0.2, 0) is 19.6 Å². The van der Waals surface area contributed by atoms with E-state index >= 15 is 0 Å². The highest BCUT2D eigenvalue weighted by Crippen LogP contribution is 2.31. The highest BCUT2D eigenvalue weighted by Gasteiger charge is 2.30. The highest BCUT2D eigenvalue weighted by molar-refractivity contribution is 5.75. The largest absolute Gasteiger partial charge is 0.416 e. The molecule has 1 aromatic carbocycles. The van der Waals surface area contributed by atoms with Gasteiger partial charge in [-0.25, -0.2) is 14.5 Å². The molecule has 0 fully saturated rings. The molecule has 3 aromatic heterocycles. The number of aliphatic hydroxyl groups is 1. The summed E-state index contributed by atoms with van der Waals surface area (Å²) in [4.78, 5) is 9.21. The Morgan fingerprint density at radius 3 is 2.40 bits per heavy atom. The molecule has 0 saturated carbocycles. The van der Waals surface area contributed by atoms with Crippen molar-refractivity contribution in [2.24, 2.45) is 13.0 Å². The van der Waals surface area contributed by atoms with E-state index in [0.29, 0.717) is 40.4 Å². The SMILES string of the molecule is C[C@@H](CO)Cc1nc2c(-c3cnn(C)c3)nc(-c3ccc(C(F)(F)F)cc3)cn2n1. The number of hydrogen-bond acceptors (Lipinski definition) is 5. The van der Waals surface area contributed by atoms with Gasteiger partial charge in [0.2, 0.25) is 0 Å². The first-order valence-electron chi connectivity index (χ1n) is 9.28. The average molecular weight is 416 g/mol. The van der Waals surface area contributed by atoms with E-state index in [2.05, 4.69) is 20.2 Å². The molecule has 0 aliphatic carbocycles. The number of aryl methyl sites for hydroxylation is 1. The van der Waals surface area contributed by atoms with Gasteiger partial charge in [0, 0.05) is 37.4 Å². The second-order valence-electron chi connectivity index (χ2n) is 7.24. The normalized spacial score (nSPS) is 13.1. The van der Waals surface area contributed by atoms with Crippen LogP contribution in [0.3, 0.4) is 0 Å². The van der Waals surface area contributed by atoms with Gasteiger partial charge < -0.3 is 5.11 Å². The van der Waals surface area contributed by atoms with Gasteiger partial charge in [-0.1, -0.05) is 19.1 Å². The van der Waals surface area contributed by atoms with Gasteiger partial charge in [0.1, 0.15) is 5.69 Å². The highest BCUT2D eigenvalue weighted by atomic mass is 19.4. The van der Waals surface area contributed by atoms with E-state index < -0.39 is 11.7 Å². The van der Waals surface area contributed by atoms with Gasteiger partial charge in [0.15, 0.2) is 11.5 Å². The number of hydrogen-bond donors (Lipinski definition) is 1. The summed E-state index contributed by atoms with van der Waals surface area (Å²) in [5, 5.41) is 18.0. The van der Waals surface area contributed by atoms with Crippen molar-refractivity contribution in [2.45, 2.75) is 19.5 Å². The van der Waals surface area contributed by atoms with Crippen molar-refractivity contribution in [1.82, 2.24) is 29.4 Å². The van der Waals surface area contributed by atoms with Crippen molar-refractivity contribution in [3.05, 3.63) is 54.2 Å². The van der Waals surface area contributed by atoms with Crippen LogP contribution < -0.4 is 0 Å². The molecule has 0 aliphatic heterocycles. The zero-order chi connectivity index (χ0) is 21.5. The Balaban J connectivity index is 1.84. The summed E-state index contributed by atoms with van der Waals surface area (Å²) in [7, 11) is 1.78. The zero-order valence-corrected chi connectivity index (χ0v) is 16.3. The number of rotatable bonds is 5. The summed E-state index contributed by atoms with van der Waals surface area (Å²) in [5.41, 5.74) is 2.01. The molecule has 0 bridgehead atoms. The Morgan fingerprint density at radius 2 is 1.80 bits per heavy atom. The molecule has 4 aromatic rings. The van der Waals surface area contributed by atoms with Crippen LogP contribution in [0, 0.1) is 5.92 Å². The monoisotopic (exact) mass is 416 g/mol. The molecular formula is C20H19F3N6O. The molecule has 1 N–H and O–H groups in total. The summed E-state index contributed by atoms with van der Waals surface area (Å²) in [6.45, 7) is 1.90. The Morgan fingerprint density at radius 1 is 1.07 bits per heavy atom. The Labute approximate surface area is 169 Å². The van der Waals surface area contributed by atoms with Crippen LogP contribution >= 0.6 is 0 Å². The quantitative estimate of drug-likeness (QED) is 0.540. The molecule has 10 heteroatoms. The second kappa shape index (κ2) is 7.52. The lowest BCUT2D eigenvalue weighted by Crippen LogP contribution is -2.06. The second-order valence-corrected chi connectivity index (χ2v) is 7.24. The minimum atomic E-state index is -4.40. The molecule has 4 rings (SSSR count). The summed E-state index contributed by atoms with van der Waals surface area (Å²) in [6.07, 6.45) is 1.15. The molecule has 30 heavy (non-hydrogen) atoms. The maximum absolute atomic E-state index is 12.9. The van der Waals surface area contributed by atoms with Gasteiger partial charge in [0.25, 0.3) is 0 Å². The van der Waals surface area contributed by atoms with Crippen molar-refractivity contribution in [1.29, 1.82) is 0 Å². The van der Waals surface area contributed by atoms with Gasteiger partial charge in [-0.2, -0.15) is 23.4 Å². The lowest BCUT2D eigenvalue weighted by atomic mass is 10.1. The third-order valence-electron chi connectivity index (χ3n) is 4.69. The van der Waals surface area contributed by atoms with Crippen molar-refractivity contribution in [3.8, 4) is 22.5 Å². The fraction of sp³-hybridized carbons (Fsp3) is 0.300. The van der Waals surface area contributed by atoms with Gasteiger partial charge in [0.05, 0.1) is 23.7 Å². The number of aliphatic hydroxyl groups excluding tert-OH is 1. The van der Waals surface area contributed by atoms with Crippen LogP contribution in [0.15, 0.2) is 42.9 Å². The first kappa shape index (κ1) is 20.0. The molecule has 1 atom stereocenters. The van der Waals surface area contributed by atoms with Crippen molar-refractivity contribution < 1.29 is 18.3 Å². The Hall–Kier alpha value is -3.27. The molecule has 0 amide bonds. The van der Waals surface area contributed by atoms with E-state index in [-0.39, 0.29) is 12.5 Å². The minimum Gasteiger partial charge on any atom is -0.396 e. The third kappa shape index (κ3) is 3.90. The average Bonchev–Trinajstić information content (AvgIpc) is 3.32. The van der Waals surface area contributed by atoms with E-state index in [0.717, 1.165) is 12.1 Å². The number of aromatic nitrogens is 6. The first-order valence-corrected chi connectivity index (χ1v) is 9.28. The Kier molecular flexibility index (Phi) is 5.02. The van der Waals surface area contributed by atoms with E-state index in [1.165, 1.54) is 12.1 Å². The van der Waals surface area contributed by atoms with Crippen molar-refractivity contribution in [2.75, 3.05) is 6.61 Å². The number of fused-ring (bicyclic) bond motifs is 1. The summed E-state index contributed by atoms with van der Waals surface area (Å²) in [5.74, 6) is 0.541. The van der Waals surface area contributed by atoms with Gasteiger partial charge in [-0.3, -0.25) is 4.68 Å². The summed E-state index contributed by atoms with van der Waals surface area (Å²) in [6, 6.07) is 4.83. The fourth-order valence-corrected chi connectivity index (χ4v) is 3.10. The Bertz CT molecular complexity index is 1180. The van der Waals surface area contributed by atoms with Crippen LogP contribution in [-0.4, -0.2) is 41.1 Å². The summed E-state index contributed by atoms with van der Waals surface area (Å²) >= 11 is 0. The van der Waals surface area contributed by atoms with Gasteiger partial charge in [-0.15, -0.1) is 0 Å². The number of nitrogens with zero attached hydrogens (tertiary/aromatic N) is 6. The fourth-order valence-electron chi connectivity index (χ4n) is 3.10. The molecule has 0 saturated heterocycles. The van der Waals surface area contributed by atoms with E-state index in [1.54, 1.807) is 34.8 Å². The van der Waals surface area contributed by atoms with Crippen LogP contribution in [0.1, 0.15) is 18.3 Å². The number of benzene rings is 1. The maximum atomic E-state index is 12.9. The lowest BCUT2D eigenvalue weighted by Gasteiger charge is -2.08. The third-order valence-corrected chi connectivity index (χ3v) is 4.69. The van der Waals surface area contributed by atoms with Crippen LogP contribution in [0.25, 0.3) is 28.2 Å². The van der Waals surface area contributed by atoms with E-state index in [9.17, 15) is 18.3 Å². The number of halogens is 3. The number of alkyl halides is 3. The van der Waals surface area contributed by atoms with Crippen LogP contribution in [0.5, 0.6) is 0 Å². The molecule has 0 unspecified atom stereocenters. The smallest absolute Gasteiger partial charge is 0.396 e. The predicted molar refractivity (Wildman–Crippen MR) is 103 cm³/mol. The first-order chi connectivity index (χ1) is 14.2. The predicted octanol–water partition coefficient (Wildman–Crippen LogP) is 3.38. The van der Waals surface area contributed by atoms with Crippen molar-refractivity contribution in [3.63, 3.8) is 0 Å². The van der Waals surface area contributed by atoms with Crippen LogP contribution in [0.4, 0.5) is 13.2 Å². The molecule has 7 nitrogen and oxygen atoms in total. The molecule has 0 aliphatic rings. The topological polar surface area (TPSA) is 81.1 Å². The molecule has 3 heterocycles. The maximum Gasteiger partial charge on any atom is 0.416 e. The summed E-state index contributed by atoms with van der Waals surface area (Å²) < 4.78 is 41.9. The molecule has 0 spiro atoms. The zero-order valence-electron chi connectivity index (χ0n) is 16.3. The van der Waals surface area contributed by atoms with Crippen LogP contribution in [0.2, 0.25) is 0 Å². The minimum absolute atomic E-state index is 0.00778. The molecular weight excluding hydrogens is 397 g/mol. The molecule has 0 radical (unpaired) electrons. The van der Waals surface area contributed by atoms with E-state index in [4.69, 9.17) is 0 Å². The van der Waals surface area contributed by atoms with Crippen molar-refractivity contribution >= 4 is 5.65 Å². The van der Waals surface area contributed by atoms with Gasteiger partial charge in [-0.05, 0) is 18.1 Å². The molecule has 156 valence electrons. The van der Waals surface area contributed by atoms with Gasteiger partial charge >= 0.3 is 6.18 Å².